The SMILES string of the molecule is CCOc1ccc(CNC(=O)c2cccc3cn[nH]c23)cc1OC. The first-order valence-corrected chi connectivity index (χ1v) is 7.73. The van der Waals surface area contributed by atoms with Crippen molar-refractivity contribution in [1.29, 1.82) is 0 Å². The van der Waals surface area contributed by atoms with Crippen LogP contribution >= 0.6 is 0 Å². The molecule has 0 unspecified atom stereocenters. The molecule has 0 saturated carbocycles. The average molecular weight is 325 g/mol. The normalized spacial score (nSPS) is 10.6. The molecule has 1 aromatic heterocycles. The number of fused-ring (bicyclic) bond motifs is 1. The third-order valence-corrected chi connectivity index (χ3v) is 3.70. The van der Waals surface area contributed by atoms with Gasteiger partial charge in [-0.3, -0.25) is 9.89 Å². The number of nitrogens with zero attached hydrogens (tertiary/aromatic N) is 1. The largest absolute Gasteiger partial charge is 0.493 e. The lowest BCUT2D eigenvalue weighted by molar-refractivity contribution is 0.0952. The predicted molar refractivity (Wildman–Crippen MR) is 91.4 cm³/mol. The number of para-hydroxylation sites is 1. The van der Waals surface area contributed by atoms with E-state index in [0.29, 0.717) is 30.2 Å². The molecule has 2 aromatic carbocycles. The van der Waals surface area contributed by atoms with Crippen LogP contribution in [0.3, 0.4) is 0 Å². The standard InChI is InChI=1S/C18H19N3O3/c1-3-24-15-8-7-12(9-16(15)23-2)10-19-18(22)14-6-4-5-13-11-20-21-17(13)14/h4-9,11H,3,10H2,1-2H3,(H,19,22)(H,20,21). The maximum absolute atomic E-state index is 12.4. The fourth-order valence-corrected chi connectivity index (χ4v) is 2.53. The van der Waals surface area contributed by atoms with Gasteiger partial charge in [-0.25, -0.2) is 0 Å². The monoisotopic (exact) mass is 325 g/mol. The highest BCUT2D eigenvalue weighted by Gasteiger charge is 2.12. The third-order valence-electron chi connectivity index (χ3n) is 3.70. The molecule has 1 amide bonds. The first-order valence-electron chi connectivity index (χ1n) is 7.73. The lowest BCUT2D eigenvalue weighted by atomic mass is 10.1. The minimum Gasteiger partial charge on any atom is -0.493 e. The first kappa shape index (κ1) is 15.9. The smallest absolute Gasteiger partial charge is 0.253 e. The zero-order valence-electron chi connectivity index (χ0n) is 13.6. The number of nitrogens with one attached hydrogen (secondary N) is 2. The summed E-state index contributed by atoms with van der Waals surface area (Å²) in [6.45, 7) is 2.89. The van der Waals surface area contributed by atoms with E-state index >= 15 is 0 Å². The highest BCUT2D eigenvalue weighted by molar-refractivity contribution is 6.05. The van der Waals surface area contributed by atoms with Crippen LogP contribution in [-0.2, 0) is 6.54 Å². The number of hydrogen-bond acceptors (Lipinski definition) is 4. The number of rotatable bonds is 6. The molecule has 124 valence electrons. The number of aromatic nitrogens is 2. The summed E-state index contributed by atoms with van der Waals surface area (Å²) in [5.41, 5.74) is 2.24. The Balaban J connectivity index is 1.73. The summed E-state index contributed by atoms with van der Waals surface area (Å²) in [4.78, 5) is 12.4. The van der Waals surface area contributed by atoms with Gasteiger partial charge in [-0.2, -0.15) is 5.10 Å². The summed E-state index contributed by atoms with van der Waals surface area (Å²) in [5, 5.41) is 10.7. The van der Waals surface area contributed by atoms with Crippen molar-refractivity contribution in [2.24, 2.45) is 0 Å². The van der Waals surface area contributed by atoms with Gasteiger partial charge in [0, 0.05) is 11.9 Å². The van der Waals surface area contributed by atoms with Crippen LogP contribution in [0.1, 0.15) is 22.8 Å². The van der Waals surface area contributed by atoms with Gasteiger partial charge in [0.2, 0.25) is 0 Å². The van der Waals surface area contributed by atoms with Crippen molar-refractivity contribution >= 4 is 16.8 Å². The van der Waals surface area contributed by atoms with Crippen LogP contribution in [0.2, 0.25) is 0 Å². The summed E-state index contributed by atoms with van der Waals surface area (Å²) in [5.74, 6) is 1.19. The van der Waals surface area contributed by atoms with Gasteiger partial charge >= 0.3 is 0 Å². The molecule has 0 radical (unpaired) electrons. The van der Waals surface area contributed by atoms with Gasteiger partial charge in [-0.15, -0.1) is 0 Å². The van der Waals surface area contributed by atoms with Gasteiger partial charge in [0.1, 0.15) is 0 Å². The second-order valence-electron chi connectivity index (χ2n) is 5.24. The van der Waals surface area contributed by atoms with E-state index in [1.165, 1.54) is 0 Å². The van der Waals surface area contributed by atoms with Crippen LogP contribution in [0.4, 0.5) is 0 Å². The van der Waals surface area contributed by atoms with Crippen molar-refractivity contribution in [2.45, 2.75) is 13.5 Å². The Hall–Kier alpha value is -3.02. The molecule has 24 heavy (non-hydrogen) atoms. The average Bonchev–Trinajstić information content (AvgIpc) is 3.09. The molecular weight excluding hydrogens is 306 g/mol. The van der Waals surface area contributed by atoms with Gasteiger partial charge in [0.25, 0.3) is 5.91 Å². The van der Waals surface area contributed by atoms with E-state index in [2.05, 4.69) is 15.5 Å². The van der Waals surface area contributed by atoms with Crippen molar-refractivity contribution in [2.75, 3.05) is 13.7 Å². The predicted octanol–water partition coefficient (Wildman–Crippen LogP) is 2.90. The lowest BCUT2D eigenvalue weighted by Crippen LogP contribution is -2.23. The van der Waals surface area contributed by atoms with Gasteiger partial charge in [-0.1, -0.05) is 18.2 Å². The number of amides is 1. The number of H-pyrrole nitrogens is 1. The van der Waals surface area contributed by atoms with Crippen molar-refractivity contribution in [3.8, 4) is 11.5 Å². The molecule has 0 spiro atoms. The summed E-state index contributed by atoms with van der Waals surface area (Å²) in [6.07, 6.45) is 1.70. The van der Waals surface area contributed by atoms with Gasteiger partial charge in [-0.05, 0) is 30.7 Å². The second-order valence-corrected chi connectivity index (χ2v) is 5.24. The maximum Gasteiger partial charge on any atom is 0.253 e. The fraction of sp³-hybridized carbons (Fsp3) is 0.222. The van der Waals surface area contributed by atoms with Gasteiger partial charge in [0.15, 0.2) is 11.5 Å². The first-order chi connectivity index (χ1) is 11.7. The molecule has 0 saturated heterocycles. The third kappa shape index (κ3) is 3.17. The molecule has 0 bridgehead atoms. The highest BCUT2D eigenvalue weighted by atomic mass is 16.5. The Morgan fingerprint density at radius 2 is 2.12 bits per heavy atom. The van der Waals surface area contributed by atoms with E-state index in [9.17, 15) is 4.79 Å². The van der Waals surface area contributed by atoms with Gasteiger partial charge < -0.3 is 14.8 Å². The van der Waals surface area contributed by atoms with Crippen molar-refractivity contribution in [3.63, 3.8) is 0 Å². The molecule has 3 rings (SSSR count). The van der Waals surface area contributed by atoms with Crippen LogP contribution in [0, 0.1) is 0 Å². The van der Waals surface area contributed by atoms with E-state index in [1.54, 1.807) is 19.4 Å². The molecule has 0 aliphatic rings. The molecule has 3 aromatic rings. The van der Waals surface area contributed by atoms with Crippen LogP contribution < -0.4 is 14.8 Å². The minimum atomic E-state index is -0.155. The molecule has 1 heterocycles. The number of aromatic amines is 1. The molecule has 6 nitrogen and oxygen atoms in total. The highest BCUT2D eigenvalue weighted by Crippen LogP contribution is 2.28. The van der Waals surface area contributed by atoms with E-state index in [4.69, 9.17) is 9.47 Å². The van der Waals surface area contributed by atoms with E-state index in [-0.39, 0.29) is 5.91 Å². The van der Waals surface area contributed by atoms with Crippen LogP contribution in [0.5, 0.6) is 11.5 Å². The van der Waals surface area contributed by atoms with Gasteiger partial charge in [0.05, 0.1) is 31.0 Å². The molecular formula is C18H19N3O3. The maximum atomic E-state index is 12.4. The number of benzene rings is 2. The summed E-state index contributed by atoms with van der Waals surface area (Å²) in [6, 6.07) is 11.1. The minimum absolute atomic E-state index is 0.155. The zero-order chi connectivity index (χ0) is 16.9. The number of ether oxygens (including phenoxy) is 2. The van der Waals surface area contributed by atoms with Crippen LogP contribution in [0.25, 0.3) is 10.9 Å². The Bertz CT molecular complexity index is 858. The molecule has 0 aliphatic carbocycles. The summed E-state index contributed by atoms with van der Waals surface area (Å²) >= 11 is 0. The lowest BCUT2D eigenvalue weighted by Gasteiger charge is -2.11. The topological polar surface area (TPSA) is 76.2 Å². The second kappa shape index (κ2) is 7.04. The summed E-state index contributed by atoms with van der Waals surface area (Å²) < 4.78 is 10.8. The zero-order valence-corrected chi connectivity index (χ0v) is 13.6. The van der Waals surface area contributed by atoms with Crippen molar-refractivity contribution in [1.82, 2.24) is 15.5 Å². The Labute approximate surface area is 139 Å². The van der Waals surface area contributed by atoms with Crippen molar-refractivity contribution < 1.29 is 14.3 Å². The Morgan fingerprint density at radius 3 is 2.92 bits per heavy atom. The summed E-state index contributed by atoms with van der Waals surface area (Å²) in [7, 11) is 1.60. The fourth-order valence-electron chi connectivity index (χ4n) is 2.53. The molecule has 0 fully saturated rings. The molecule has 2 N–H and O–H groups in total. The molecule has 0 atom stereocenters. The molecule has 0 aliphatic heterocycles. The van der Waals surface area contributed by atoms with E-state index in [1.807, 2.05) is 37.3 Å². The van der Waals surface area contributed by atoms with E-state index in [0.717, 1.165) is 16.5 Å². The number of carbonyl (C=O) groups is 1. The Kier molecular flexibility index (Phi) is 4.65. The van der Waals surface area contributed by atoms with E-state index < -0.39 is 0 Å². The van der Waals surface area contributed by atoms with Crippen molar-refractivity contribution in [3.05, 3.63) is 53.7 Å². The van der Waals surface area contributed by atoms with Crippen LogP contribution in [0.15, 0.2) is 42.6 Å². The Morgan fingerprint density at radius 1 is 1.25 bits per heavy atom. The number of hydrogen-bond donors (Lipinski definition) is 2. The quantitative estimate of drug-likeness (QED) is 0.730. The van der Waals surface area contributed by atoms with Crippen LogP contribution in [-0.4, -0.2) is 29.8 Å². The number of methoxy groups -OCH3 is 1. The number of carbonyl (C=O) groups excluding carboxylic acids is 1. The molecule has 6 heteroatoms.